The number of piperazine rings is 1. The molecule has 0 spiro atoms. The fourth-order valence-electron chi connectivity index (χ4n) is 3.13. The van der Waals surface area contributed by atoms with Crippen LogP contribution in [0.15, 0.2) is 18.5 Å². The summed E-state index contributed by atoms with van der Waals surface area (Å²) in [6.07, 6.45) is 6.11. The third kappa shape index (κ3) is 4.04. The van der Waals surface area contributed by atoms with E-state index >= 15 is 0 Å². The quantitative estimate of drug-likeness (QED) is 0.738. The monoisotopic (exact) mass is 317 g/mol. The van der Waals surface area contributed by atoms with E-state index in [1.54, 1.807) is 12.4 Å². The van der Waals surface area contributed by atoms with Gasteiger partial charge in [0, 0.05) is 58.0 Å². The Morgan fingerprint density at radius 2 is 1.57 bits per heavy atom. The van der Waals surface area contributed by atoms with Crippen molar-refractivity contribution in [1.82, 2.24) is 19.8 Å². The molecule has 0 saturated carbocycles. The van der Waals surface area contributed by atoms with E-state index < -0.39 is 0 Å². The Hall–Kier alpha value is -2.02. The van der Waals surface area contributed by atoms with Crippen LogP contribution in [-0.2, 0) is 9.59 Å². The molecule has 0 bridgehead atoms. The highest BCUT2D eigenvalue weighted by atomic mass is 16.2. The van der Waals surface area contributed by atoms with Gasteiger partial charge in [-0.1, -0.05) is 0 Å². The minimum Gasteiger partial charge on any atom is -0.338 e. The highest BCUT2D eigenvalue weighted by Gasteiger charge is 2.25. The van der Waals surface area contributed by atoms with Gasteiger partial charge in [0.05, 0.1) is 0 Å². The summed E-state index contributed by atoms with van der Waals surface area (Å²) in [6, 6.07) is 1.82. The number of nitrogens with zero attached hydrogens (tertiary/aromatic N) is 5. The molecule has 2 amide bonds. The number of hydrogen-bond acceptors (Lipinski definition) is 6. The number of likely N-dealkylation sites (tertiary alicyclic amines) is 1. The SMILES string of the molecule is O=C1CCCC(=O)N1CCCN1CCN(c2ncccn2)CC1. The molecule has 0 unspecified atom stereocenters. The third-order valence-corrected chi connectivity index (χ3v) is 4.45. The van der Waals surface area contributed by atoms with Crippen LogP contribution >= 0.6 is 0 Å². The number of anilines is 1. The molecule has 0 N–H and O–H groups in total. The largest absolute Gasteiger partial charge is 0.338 e. The molecular formula is C16H23N5O2. The van der Waals surface area contributed by atoms with Gasteiger partial charge in [-0.3, -0.25) is 19.4 Å². The Kier molecular flexibility index (Phi) is 5.17. The van der Waals surface area contributed by atoms with Crippen LogP contribution in [0.4, 0.5) is 5.95 Å². The number of carbonyl (C=O) groups excluding carboxylic acids is 2. The summed E-state index contributed by atoms with van der Waals surface area (Å²) < 4.78 is 0. The molecule has 7 nitrogen and oxygen atoms in total. The summed E-state index contributed by atoms with van der Waals surface area (Å²) in [4.78, 5) is 38.1. The average Bonchev–Trinajstić information content (AvgIpc) is 2.59. The zero-order chi connectivity index (χ0) is 16.1. The maximum absolute atomic E-state index is 11.8. The molecule has 23 heavy (non-hydrogen) atoms. The molecule has 0 radical (unpaired) electrons. The van der Waals surface area contributed by atoms with E-state index in [-0.39, 0.29) is 11.8 Å². The van der Waals surface area contributed by atoms with Crippen molar-refractivity contribution >= 4 is 17.8 Å². The molecule has 0 aromatic carbocycles. The highest BCUT2D eigenvalue weighted by Crippen LogP contribution is 2.13. The first-order chi connectivity index (χ1) is 11.2. The van der Waals surface area contributed by atoms with Crippen LogP contribution < -0.4 is 4.90 Å². The smallest absolute Gasteiger partial charge is 0.229 e. The molecule has 2 aliphatic heterocycles. The normalized spacial score (nSPS) is 20.2. The maximum Gasteiger partial charge on any atom is 0.229 e. The molecule has 1 aromatic heterocycles. The summed E-state index contributed by atoms with van der Waals surface area (Å²) in [6.45, 7) is 5.21. The molecule has 3 heterocycles. The molecule has 1 aromatic rings. The van der Waals surface area contributed by atoms with E-state index in [0.717, 1.165) is 45.1 Å². The molecule has 2 fully saturated rings. The van der Waals surface area contributed by atoms with Gasteiger partial charge < -0.3 is 4.90 Å². The second-order valence-corrected chi connectivity index (χ2v) is 6.02. The number of rotatable bonds is 5. The molecule has 2 saturated heterocycles. The lowest BCUT2D eigenvalue weighted by molar-refractivity contribution is -0.148. The van der Waals surface area contributed by atoms with Crippen LogP contribution in [-0.4, -0.2) is 70.9 Å². The minimum atomic E-state index is -0.00713. The van der Waals surface area contributed by atoms with Gasteiger partial charge in [0.2, 0.25) is 17.8 Å². The summed E-state index contributed by atoms with van der Waals surface area (Å²) in [7, 11) is 0. The molecular weight excluding hydrogens is 294 g/mol. The Bertz CT molecular complexity index is 527. The average molecular weight is 317 g/mol. The first-order valence-corrected chi connectivity index (χ1v) is 8.31. The van der Waals surface area contributed by atoms with Crippen LogP contribution in [0.25, 0.3) is 0 Å². The predicted molar refractivity (Wildman–Crippen MR) is 85.9 cm³/mol. The lowest BCUT2D eigenvalue weighted by Crippen LogP contribution is -2.48. The van der Waals surface area contributed by atoms with Gasteiger partial charge in [-0.05, 0) is 25.5 Å². The van der Waals surface area contributed by atoms with Crippen molar-refractivity contribution in [2.24, 2.45) is 0 Å². The van der Waals surface area contributed by atoms with Gasteiger partial charge in [0.15, 0.2) is 0 Å². The van der Waals surface area contributed by atoms with E-state index in [1.165, 1.54) is 4.90 Å². The fraction of sp³-hybridized carbons (Fsp3) is 0.625. The first-order valence-electron chi connectivity index (χ1n) is 8.31. The topological polar surface area (TPSA) is 69.6 Å². The number of hydrogen-bond donors (Lipinski definition) is 0. The Morgan fingerprint density at radius 3 is 2.22 bits per heavy atom. The Balaban J connectivity index is 1.39. The second-order valence-electron chi connectivity index (χ2n) is 6.02. The van der Waals surface area contributed by atoms with E-state index in [1.807, 2.05) is 6.07 Å². The Labute approximate surface area is 136 Å². The van der Waals surface area contributed by atoms with Crippen molar-refractivity contribution in [2.45, 2.75) is 25.7 Å². The van der Waals surface area contributed by atoms with Crippen molar-refractivity contribution in [3.8, 4) is 0 Å². The summed E-state index contributed by atoms with van der Waals surface area (Å²) in [5.41, 5.74) is 0. The van der Waals surface area contributed by atoms with Gasteiger partial charge in [-0.25, -0.2) is 9.97 Å². The Morgan fingerprint density at radius 1 is 0.913 bits per heavy atom. The van der Waals surface area contributed by atoms with Gasteiger partial charge in [0.1, 0.15) is 0 Å². The van der Waals surface area contributed by atoms with Crippen LogP contribution in [0.5, 0.6) is 0 Å². The zero-order valence-corrected chi connectivity index (χ0v) is 13.4. The second kappa shape index (κ2) is 7.50. The molecule has 0 atom stereocenters. The van der Waals surface area contributed by atoms with Crippen LogP contribution in [0.3, 0.4) is 0 Å². The number of imide groups is 1. The van der Waals surface area contributed by atoms with Crippen LogP contribution in [0.2, 0.25) is 0 Å². The number of amides is 2. The first kappa shape index (κ1) is 15.9. The lowest BCUT2D eigenvalue weighted by Gasteiger charge is -2.35. The number of piperidine rings is 1. The van der Waals surface area contributed by atoms with Gasteiger partial charge in [-0.15, -0.1) is 0 Å². The van der Waals surface area contributed by atoms with Crippen molar-refractivity contribution in [3.05, 3.63) is 18.5 Å². The fourth-order valence-corrected chi connectivity index (χ4v) is 3.13. The molecule has 0 aliphatic carbocycles. The van der Waals surface area contributed by atoms with Crippen LogP contribution in [0, 0.1) is 0 Å². The summed E-state index contributed by atoms with van der Waals surface area (Å²) in [5, 5.41) is 0. The van der Waals surface area contributed by atoms with Gasteiger partial charge in [-0.2, -0.15) is 0 Å². The maximum atomic E-state index is 11.8. The lowest BCUT2D eigenvalue weighted by atomic mass is 10.1. The van der Waals surface area contributed by atoms with Crippen molar-refractivity contribution in [3.63, 3.8) is 0 Å². The van der Waals surface area contributed by atoms with Gasteiger partial charge >= 0.3 is 0 Å². The molecule has 7 heteroatoms. The van der Waals surface area contributed by atoms with Crippen molar-refractivity contribution in [1.29, 1.82) is 0 Å². The van der Waals surface area contributed by atoms with E-state index in [9.17, 15) is 9.59 Å². The zero-order valence-electron chi connectivity index (χ0n) is 13.4. The van der Waals surface area contributed by atoms with E-state index in [4.69, 9.17) is 0 Å². The number of carbonyl (C=O) groups is 2. The number of aromatic nitrogens is 2. The standard InChI is InChI=1S/C16H23N5O2/c22-14-4-1-5-15(23)21(14)9-3-8-19-10-12-20(13-11-19)16-17-6-2-7-18-16/h2,6-7H,1,3-5,8-13H2. The predicted octanol–water partition coefficient (Wildman–Crippen LogP) is 0.528. The van der Waals surface area contributed by atoms with E-state index in [2.05, 4.69) is 19.8 Å². The highest BCUT2D eigenvalue weighted by molar-refractivity contribution is 5.97. The van der Waals surface area contributed by atoms with Crippen LogP contribution in [0.1, 0.15) is 25.7 Å². The van der Waals surface area contributed by atoms with Gasteiger partial charge in [0.25, 0.3) is 0 Å². The molecule has 3 rings (SSSR count). The van der Waals surface area contributed by atoms with E-state index in [0.29, 0.717) is 25.8 Å². The van der Waals surface area contributed by atoms with Crippen molar-refractivity contribution in [2.75, 3.05) is 44.2 Å². The minimum absolute atomic E-state index is 0.00713. The summed E-state index contributed by atoms with van der Waals surface area (Å²) in [5.74, 6) is 0.774. The molecule has 124 valence electrons. The third-order valence-electron chi connectivity index (χ3n) is 4.45. The molecule has 2 aliphatic rings. The van der Waals surface area contributed by atoms with Crippen molar-refractivity contribution < 1.29 is 9.59 Å². The summed E-state index contributed by atoms with van der Waals surface area (Å²) >= 11 is 0.